The van der Waals surface area contributed by atoms with E-state index in [0.29, 0.717) is 6.42 Å². The topological polar surface area (TPSA) is 33.1 Å². The van der Waals surface area contributed by atoms with Crippen LogP contribution in [-0.2, 0) is 11.8 Å². The molecule has 1 atom stereocenters. The molecule has 0 amide bonds. The van der Waals surface area contributed by atoms with Crippen molar-refractivity contribution in [1.29, 1.82) is 0 Å². The molecule has 1 saturated carbocycles. The molecule has 94 valence electrons. The van der Waals surface area contributed by atoms with Gasteiger partial charge in [-0.25, -0.2) is 4.98 Å². The van der Waals surface area contributed by atoms with Gasteiger partial charge in [-0.3, -0.25) is 0 Å². The quantitative estimate of drug-likeness (QED) is 0.915. The van der Waals surface area contributed by atoms with Gasteiger partial charge in [0.2, 0.25) is 0 Å². The molecule has 0 bridgehead atoms. The Balaban J connectivity index is 1.78. The molecule has 1 aromatic heterocycles. The van der Waals surface area contributed by atoms with Gasteiger partial charge in [0.1, 0.15) is 0 Å². The average Bonchev–Trinajstić information content (AvgIpc) is 3.10. The first-order chi connectivity index (χ1) is 8.71. The summed E-state index contributed by atoms with van der Waals surface area (Å²) in [6.45, 7) is 2.00. The van der Waals surface area contributed by atoms with Crippen LogP contribution < -0.4 is 0 Å². The highest BCUT2D eigenvalue weighted by molar-refractivity contribution is 7.09. The summed E-state index contributed by atoms with van der Waals surface area (Å²) in [5.41, 5.74) is 2.30. The second-order valence-corrected chi connectivity index (χ2v) is 6.07. The van der Waals surface area contributed by atoms with Gasteiger partial charge in [0.25, 0.3) is 0 Å². The van der Waals surface area contributed by atoms with E-state index in [1.807, 2.05) is 18.4 Å². The summed E-state index contributed by atoms with van der Waals surface area (Å²) in [5, 5.41) is 13.6. The maximum absolute atomic E-state index is 10.5. The SMILES string of the molecule is Cc1csc(CC(O)C2(c3ccccc3)CC2)n1. The van der Waals surface area contributed by atoms with Crippen molar-refractivity contribution in [2.24, 2.45) is 0 Å². The fourth-order valence-electron chi connectivity index (χ4n) is 2.58. The third-order valence-electron chi connectivity index (χ3n) is 3.81. The van der Waals surface area contributed by atoms with E-state index >= 15 is 0 Å². The van der Waals surface area contributed by atoms with E-state index in [-0.39, 0.29) is 11.5 Å². The minimum Gasteiger partial charge on any atom is -0.392 e. The molecule has 1 fully saturated rings. The number of aliphatic hydroxyl groups is 1. The zero-order chi connectivity index (χ0) is 12.6. The summed E-state index contributed by atoms with van der Waals surface area (Å²) in [4.78, 5) is 4.44. The van der Waals surface area contributed by atoms with E-state index in [0.717, 1.165) is 23.5 Å². The number of rotatable bonds is 4. The Morgan fingerprint density at radius 1 is 1.33 bits per heavy atom. The summed E-state index contributed by atoms with van der Waals surface area (Å²) >= 11 is 1.65. The Kier molecular flexibility index (Phi) is 2.96. The standard InChI is InChI=1S/C15H17NOS/c1-11-10-18-14(16-11)9-13(17)15(7-8-15)12-5-3-2-4-6-12/h2-6,10,13,17H,7-9H2,1H3. The highest BCUT2D eigenvalue weighted by Crippen LogP contribution is 2.51. The number of nitrogens with zero attached hydrogens (tertiary/aromatic N) is 1. The second-order valence-electron chi connectivity index (χ2n) is 5.12. The van der Waals surface area contributed by atoms with E-state index in [1.165, 1.54) is 5.56 Å². The lowest BCUT2D eigenvalue weighted by Crippen LogP contribution is -2.28. The number of aromatic nitrogens is 1. The van der Waals surface area contributed by atoms with Gasteiger partial charge in [0, 0.05) is 22.9 Å². The van der Waals surface area contributed by atoms with Crippen LogP contribution in [0.15, 0.2) is 35.7 Å². The Morgan fingerprint density at radius 3 is 2.61 bits per heavy atom. The molecule has 0 saturated heterocycles. The fourth-order valence-corrected chi connectivity index (χ4v) is 3.39. The smallest absolute Gasteiger partial charge is 0.0954 e. The third kappa shape index (κ3) is 2.08. The number of benzene rings is 1. The molecule has 1 aliphatic rings. The second kappa shape index (κ2) is 4.48. The number of hydrogen-bond donors (Lipinski definition) is 1. The predicted molar refractivity (Wildman–Crippen MR) is 73.9 cm³/mol. The van der Waals surface area contributed by atoms with Crippen molar-refractivity contribution in [2.45, 2.75) is 37.7 Å². The van der Waals surface area contributed by atoms with Crippen molar-refractivity contribution in [3.63, 3.8) is 0 Å². The molecule has 3 rings (SSSR count). The van der Waals surface area contributed by atoms with Gasteiger partial charge < -0.3 is 5.11 Å². The van der Waals surface area contributed by atoms with Crippen molar-refractivity contribution < 1.29 is 5.11 Å². The molecule has 1 N–H and O–H groups in total. The molecule has 2 nitrogen and oxygen atoms in total. The Hall–Kier alpha value is -1.19. The monoisotopic (exact) mass is 259 g/mol. The summed E-state index contributed by atoms with van der Waals surface area (Å²) in [6, 6.07) is 10.4. The number of thiazole rings is 1. The number of aliphatic hydroxyl groups excluding tert-OH is 1. The average molecular weight is 259 g/mol. The molecule has 1 heterocycles. The zero-order valence-corrected chi connectivity index (χ0v) is 11.3. The normalized spacial score (nSPS) is 18.6. The molecule has 1 aliphatic carbocycles. The molecule has 1 unspecified atom stereocenters. The lowest BCUT2D eigenvalue weighted by Gasteiger charge is -2.22. The maximum atomic E-state index is 10.5. The molecule has 0 spiro atoms. The Morgan fingerprint density at radius 2 is 2.06 bits per heavy atom. The van der Waals surface area contributed by atoms with Crippen LogP contribution in [0.2, 0.25) is 0 Å². The van der Waals surface area contributed by atoms with Crippen LogP contribution in [0.1, 0.15) is 29.1 Å². The van der Waals surface area contributed by atoms with Crippen LogP contribution in [0.25, 0.3) is 0 Å². The molecule has 1 aromatic carbocycles. The minimum atomic E-state index is -0.314. The molecular weight excluding hydrogens is 242 g/mol. The van der Waals surface area contributed by atoms with Crippen molar-refractivity contribution in [1.82, 2.24) is 4.98 Å². The van der Waals surface area contributed by atoms with Crippen LogP contribution in [0.5, 0.6) is 0 Å². The highest BCUT2D eigenvalue weighted by Gasteiger charge is 2.50. The van der Waals surface area contributed by atoms with Gasteiger partial charge >= 0.3 is 0 Å². The molecule has 2 aromatic rings. The summed E-state index contributed by atoms with van der Waals surface area (Å²) in [5.74, 6) is 0. The first-order valence-corrected chi connectivity index (χ1v) is 7.23. The van der Waals surface area contributed by atoms with Crippen molar-refractivity contribution in [3.8, 4) is 0 Å². The largest absolute Gasteiger partial charge is 0.392 e. The van der Waals surface area contributed by atoms with E-state index in [2.05, 4.69) is 29.2 Å². The van der Waals surface area contributed by atoms with Crippen LogP contribution >= 0.6 is 11.3 Å². The van der Waals surface area contributed by atoms with E-state index < -0.39 is 0 Å². The van der Waals surface area contributed by atoms with Crippen molar-refractivity contribution >= 4 is 11.3 Å². The summed E-state index contributed by atoms with van der Waals surface area (Å²) in [7, 11) is 0. The zero-order valence-electron chi connectivity index (χ0n) is 10.5. The first-order valence-electron chi connectivity index (χ1n) is 6.35. The Bertz CT molecular complexity index is 530. The Labute approximate surface area is 111 Å². The van der Waals surface area contributed by atoms with Crippen LogP contribution in [0, 0.1) is 6.92 Å². The van der Waals surface area contributed by atoms with Crippen molar-refractivity contribution in [3.05, 3.63) is 52.0 Å². The molecular formula is C15H17NOS. The lowest BCUT2D eigenvalue weighted by atomic mass is 9.88. The minimum absolute atomic E-state index is 0.0131. The van der Waals surface area contributed by atoms with Gasteiger partial charge in [-0.15, -0.1) is 11.3 Å². The van der Waals surface area contributed by atoms with Crippen molar-refractivity contribution in [2.75, 3.05) is 0 Å². The first kappa shape index (κ1) is 11.9. The fraction of sp³-hybridized carbons (Fsp3) is 0.400. The van der Waals surface area contributed by atoms with Gasteiger partial charge in [-0.2, -0.15) is 0 Å². The van der Waals surface area contributed by atoms with E-state index in [9.17, 15) is 5.11 Å². The molecule has 3 heteroatoms. The molecule has 18 heavy (non-hydrogen) atoms. The maximum Gasteiger partial charge on any atom is 0.0954 e. The summed E-state index contributed by atoms with van der Waals surface area (Å²) < 4.78 is 0. The van der Waals surface area contributed by atoms with E-state index in [1.54, 1.807) is 11.3 Å². The third-order valence-corrected chi connectivity index (χ3v) is 4.80. The number of hydrogen-bond acceptors (Lipinski definition) is 3. The van der Waals surface area contributed by atoms with Gasteiger partial charge in [-0.1, -0.05) is 30.3 Å². The lowest BCUT2D eigenvalue weighted by molar-refractivity contribution is 0.131. The molecule has 0 radical (unpaired) electrons. The summed E-state index contributed by atoms with van der Waals surface area (Å²) in [6.07, 6.45) is 2.53. The van der Waals surface area contributed by atoms with Crippen LogP contribution in [0.4, 0.5) is 0 Å². The van der Waals surface area contributed by atoms with Gasteiger partial charge in [-0.05, 0) is 25.3 Å². The van der Waals surface area contributed by atoms with Gasteiger partial charge in [0.15, 0.2) is 0 Å². The van der Waals surface area contributed by atoms with Crippen LogP contribution in [0.3, 0.4) is 0 Å². The molecule has 0 aliphatic heterocycles. The number of aryl methyl sites for hydroxylation is 1. The highest BCUT2D eigenvalue weighted by atomic mass is 32.1. The van der Waals surface area contributed by atoms with E-state index in [4.69, 9.17) is 0 Å². The predicted octanol–water partition coefficient (Wildman–Crippen LogP) is 3.09. The van der Waals surface area contributed by atoms with Gasteiger partial charge in [0.05, 0.1) is 11.1 Å². The van der Waals surface area contributed by atoms with Crippen LogP contribution in [-0.4, -0.2) is 16.2 Å².